The number of nitrogens with zero attached hydrogens (tertiary/aromatic N) is 3. The number of hydrogen-bond donors (Lipinski definition) is 0. The molecule has 2 aliphatic heterocycles. The van der Waals surface area contributed by atoms with Gasteiger partial charge in [-0.2, -0.15) is 0 Å². The molecule has 2 aromatic rings. The minimum atomic E-state index is -0.0658. The van der Waals surface area contributed by atoms with Gasteiger partial charge in [0.1, 0.15) is 0 Å². The largest absolute Gasteiger partial charge is 0.438 e. The SMILES string of the molecule is O=C([C@@H]1CCCCN1Cc1ncc(-c2cccs2)o1)N1CCOCC1. The summed E-state index contributed by atoms with van der Waals surface area (Å²) >= 11 is 1.64. The van der Waals surface area contributed by atoms with Crippen LogP contribution < -0.4 is 0 Å². The summed E-state index contributed by atoms with van der Waals surface area (Å²) in [5, 5.41) is 2.03. The van der Waals surface area contributed by atoms with E-state index in [0.29, 0.717) is 38.7 Å². The van der Waals surface area contributed by atoms with Crippen molar-refractivity contribution >= 4 is 17.2 Å². The van der Waals surface area contributed by atoms with E-state index in [-0.39, 0.29) is 11.9 Å². The Labute approximate surface area is 151 Å². The van der Waals surface area contributed by atoms with Crippen LogP contribution >= 0.6 is 11.3 Å². The maximum atomic E-state index is 12.9. The van der Waals surface area contributed by atoms with Crippen LogP contribution in [0.2, 0.25) is 0 Å². The number of thiophene rings is 1. The highest BCUT2D eigenvalue weighted by atomic mass is 32.1. The third-order valence-electron chi connectivity index (χ3n) is 4.88. The molecule has 134 valence electrons. The number of likely N-dealkylation sites (tertiary alicyclic amines) is 1. The van der Waals surface area contributed by atoms with E-state index < -0.39 is 0 Å². The number of rotatable bonds is 4. The van der Waals surface area contributed by atoms with Gasteiger partial charge in [0.25, 0.3) is 0 Å². The van der Waals surface area contributed by atoms with Crippen molar-refractivity contribution in [3.63, 3.8) is 0 Å². The smallest absolute Gasteiger partial charge is 0.240 e. The molecule has 4 heterocycles. The first-order valence-corrected chi connectivity index (χ1v) is 9.78. The lowest BCUT2D eigenvalue weighted by Crippen LogP contribution is -2.53. The number of carbonyl (C=O) groups excluding carboxylic acids is 1. The molecule has 7 heteroatoms. The van der Waals surface area contributed by atoms with Crippen LogP contribution in [0.3, 0.4) is 0 Å². The summed E-state index contributed by atoms with van der Waals surface area (Å²) < 4.78 is 11.3. The summed E-state index contributed by atoms with van der Waals surface area (Å²) in [5.74, 6) is 1.72. The molecule has 0 radical (unpaired) electrons. The molecule has 0 saturated carbocycles. The molecular formula is C18H23N3O3S. The van der Waals surface area contributed by atoms with Crippen molar-refractivity contribution in [1.82, 2.24) is 14.8 Å². The van der Waals surface area contributed by atoms with Crippen molar-refractivity contribution in [1.29, 1.82) is 0 Å². The summed E-state index contributed by atoms with van der Waals surface area (Å²) in [5.41, 5.74) is 0. The van der Waals surface area contributed by atoms with Gasteiger partial charge < -0.3 is 14.1 Å². The minimum absolute atomic E-state index is 0.0658. The van der Waals surface area contributed by atoms with E-state index in [4.69, 9.17) is 9.15 Å². The Hall–Kier alpha value is -1.70. The van der Waals surface area contributed by atoms with Gasteiger partial charge in [-0.3, -0.25) is 9.69 Å². The van der Waals surface area contributed by atoms with Gasteiger partial charge in [0.05, 0.1) is 36.9 Å². The normalized spacial score (nSPS) is 22.2. The van der Waals surface area contributed by atoms with Crippen LogP contribution in [0.15, 0.2) is 28.1 Å². The Balaban J connectivity index is 1.45. The van der Waals surface area contributed by atoms with E-state index in [1.54, 1.807) is 17.5 Å². The number of aromatic nitrogens is 1. The second-order valence-electron chi connectivity index (χ2n) is 6.52. The molecule has 0 aliphatic carbocycles. The van der Waals surface area contributed by atoms with Crippen LogP contribution in [-0.2, 0) is 16.1 Å². The number of amides is 1. The van der Waals surface area contributed by atoms with Gasteiger partial charge >= 0.3 is 0 Å². The second kappa shape index (κ2) is 7.68. The lowest BCUT2D eigenvalue weighted by molar-refractivity contribution is -0.142. The molecule has 0 aromatic carbocycles. The molecule has 2 aromatic heterocycles. The molecular weight excluding hydrogens is 338 g/mol. The Morgan fingerprint density at radius 1 is 1.28 bits per heavy atom. The topological polar surface area (TPSA) is 58.8 Å². The zero-order valence-corrected chi connectivity index (χ0v) is 15.0. The third-order valence-corrected chi connectivity index (χ3v) is 5.76. The zero-order chi connectivity index (χ0) is 17.1. The molecule has 0 bridgehead atoms. The minimum Gasteiger partial charge on any atom is -0.438 e. The van der Waals surface area contributed by atoms with Crippen molar-refractivity contribution < 1.29 is 13.9 Å². The molecule has 0 unspecified atom stereocenters. The molecule has 2 saturated heterocycles. The highest BCUT2D eigenvalue weighted by molar-refractivity contribution is 7.13. The van der Waals surface area contributed by atoms with Crippen molar-refractivity contribution in [2.75, 3.05) is 32.8 Å². The average Bonchev–Trinajstić information content (AvgIpc) is 3.34. The second-order valence-corrected chi connectivity index (χ2v) is 7.46. The number of oxazole rings is 1. The molecule has 25 heavy (non-hydrogen) atoms. The fourth-order valence-electron chi connectivity index (χ4n) is 3.54. The van der Waals surface area contributed by atoms with E-state index in [9.17, 15) is 4.79 Å². The molecule has 4 rings (SSSR count). The summed E-state index contributed by atoms with van der Waals surface area (Å²) in [6.07, 6.45) is 4.91. The Morgan fingerprint density at radius 2 is 2.16 bits per heavy atom. The number of morpholine rings is 1. The molecule has 6 nitrogen and oxygen atoms in total. The van der Waals surface area contributed by atoms with Crippen molar-refractivity contribution in [2.24, 2.45) is 0 Å². The van der Waals surface area contributed by atoms with E-state index in [0.717, 1.165) is 36.4 Å². The Bertz CT molecular complexity index is 694. The first-order chi connectivity index (χ1) is 12.3. The number of ether oxygens (including phenoxy) is 1. The zero-order valence-electron chi connectivity index (χ0n) is 14.2. The van der Waals surface area contributed by atoms with E-state index in [1.807, 2.05) is 22.4 Å². The van der Waals surface area contributed by atoms with Gasteiger partial charge in [0.2, 0.25) is 11.8 Å². The van der Waals surface area contributed by atoms with E-state index in [2.05, 4.69) is 9.88 Å². The summed E-state index contributed by atoms with van der Waals surface area (Å²) in [4.78, 5) is 22.6. The van der Waals surface area contributed by atoms with Gasteiger partial charge in [-0.1, -0.05) is 12.5 Å². The quantitative estimate of drug-likeness (QED) is 0.838. The Morgan fingerprint density at radius 3 is 2.96 bits per heavy atom. The van der Waals surface area contributed by atoms with Crippen LogP contribution in [0, 0.1) is 0 Å². The monoisotopic (exact) mass is 361 g/mol. The lowest BCUT2D eigenvalue weighted by atomic mass is 10.0. The molecule has 0 spiro atoms. The van der Waals surface area contributed by atoms with Crippen LogP contribution in [0.5, 0.6) is 0 Å². The molecule has 1 atom stereocenters. The maximum Gasteiger partial charge on any atom is 0.240 e. The van der Waals surface area contributed by atoms with Gasteiger partial charge in [0, 0.05) is 13.1 Å². The van der Waals surface area contributed by atoms with Crippen molar-refractivity contribution in [3.05, 3.63) is 29.6 Å². The van der Waals surface area contributed by atoms with Crippen LogP contribution in [-0.4, -0.2) is 59.6 Å². The van der Waals surface area contributed by atoms with Crippen LogP contribution in [0.1, 0.15) is 25.2 Å². The predicted molar refractivity (Wildman–Crippen MR) is 95.3 cm³/mol. The van der Waals surface area contributed by atoms with Gasteiger partial charge in [0.15, 0.2) is 5.76 Å². The van der Waals surface area contributed by atoms with Crippen molar-refractivity contribution in [2.45, 2.75) is 31.8 Å². The maximum absolute atomic E-state index is 12.9. The van der Waals surface area contributed by atoms with E-state index >= 15 is 0 Å². The highest BCUT2D eigenvalue weighted by Gasteiger charge is 2.33. The number of piperidine rings is 1. The Kier molecular flexibility index (Phi) is 5.14. The fourth-order valence-corrected chi connectivity index (χ4v) is 4.22. The van der Waals surface area contributed by atoms with Crippen LogP contribution in [0.4, 0.5) is 0 Å². The summed E-state index contributed by atoms with van der Waals surface area (Å²) in [6.45, 7) is 4.18. The van der Waals surface area contributed by atoms with E-state index in [1.165, 1.54) is 0 Å². The average molecular weight is 361 g/mol. The molecule has 1 amide bonds. The number of carbonyl (C=O) groups is 1. The fraction of sp³-hybridized carbons (Fsp3) is 0.556. The predicted octanol–water partition coefficient (Wildman–Crippen LogP) is 2.62. The van der Waals surface area contributed by atoms with Crippen molar-refractivity contribution in [3.8, 4) is 10.6 Å². The van der Waals surface area contributed by atoms with Gasteiger partial charge in [-0.05, 0) is 30.8 Å². The van der Waals surface area contributed by atoms with Crippen LogP contribution in [0.25, 0.3) is 10.6 Å². The molecule has 0 N–H and O–H groups in total. The highest BCUT2D eigenvalue weighted by Crippen LogP contribution is 2.27. The molecule has 2 fully saturated rings. The summed E-state index contributed by atoms with van der Waals surface area (Å²) in [7, 11) is 0. The lowest BCUT2D eigenvalue weighted by Gasteiger charge is -2.38. The first kappa shape index (κ1) is 16.8. The van der Waals surface area contributed by atoms with Gasteiger partial charge in [-0.25, -0.2) is 4.98 Å². The number of hydrogen-bond acceptors (Lipinski definition) is 6. The molecule has 2 aliphatic rings. The summed E-state index contributed by atoms with van der Waals surface area (Å²) in [6, 6.07) is 3.97. The standard InChI is InChI=1S/C18H23N3O3S/c22-18(20-7-9-23-10-8-20)14-4-1-2-6-21(14)13-17-19-12-15(24-17)16-5-3-11-25-16/h3,5,11-12,14H,1-2,4,6-10,13H2/t14-/m0/s1. The third kappa shape index (κ3) is 3.78. The first-order valence-electron chi connectivity index (χ1n) is 8.90. The van der Waals surface area contributed by atoms with Gasteiger partial charge in [-0.15, -0.1) is 11.3 Å².